The Bertz CT molecular complexity index is 257. The summed E-state index contributed by atoms with van der Waals surface area (Å²) < 4.78 is 0. The smallest absolute Gasteiger partial charge is 0.0446 e. The van der Waals surface area contributed by atoms with Crippen LogP contribution in [0, 0.1) is 0 Å². The summed E-state index contributed by atoms with van der Waals surface area (Å²) in [5.41, 5.74) is 0. The molecule has 0 unspecified atom stereocenters. The first-order valence-corrected chi connectivity index (χ1v) is 13.2. The van der Waals surface area contributed by atoms with Crippen molar-refractivity contribution in [2.24, 2.45) is 0 Å². The molecule has 0 radical (unpaired) electrons. The van der Waals surface area contributed by atoms with Gasteiger partial charge in [-0.05, 0) is 19.3 Å². The molecule has 0 N–H and O–H groups in total. The number of unbranched alkanes of at least 4 members (excludes halogenated alkanes) is 16. The first kappa shape index (κ1) is 27.3. The van der Waals surface area contributed by atoms with Crippen LogP contribution in [0.1, 0.15) is 162 Å². The number of alkyl halides is 1. The Kier molecular flexibility index (Phi) is 21.2. The molecular formula is C26H53Cl. The molecule has 0 amide bonds. The van der Waals surface area contributed by atoms with E-state index in [1.807, 2.05) is 0 Å². The highest BCUT2D eigenvalue weighted by Gasteiger charge is 2.25. The third-order valence-corrected chi connectivity index (χ3v) is 6.75. The van der Waals surface area contributed by atoms with E-state index in [1.54, 1.807) is 0 Å². The molecule has 164 valence electrons. The van der Waals surface area contributed by atoms with E-state index < -0.39 is 0 Å². The van der Waals surface area contributed by atoms with Crippen LogP contribution in [0.2, 0.25) is 0 Å². The molecule has 0 atom stereocenters. The molecule has 0 aliphatic heterocycles. The van der Waals surface area contributed by atoms with Crippen molar-refractivity contribution in [3.8, 4) is 0 Å². The van der Waals surface area contributed by atoms with E-state index in [2.05, 4.69) is 20.8 Å². The zero-order valence-electron chi connectivity index (χ0n) is 19.4. The molecular weight excluding hydrogens is 348 g/mol. The van der Waals surface area contributed by atoms with Crippen molar-refractivity contribution in [1.82, 2.24) is 0 Å². The molecule has 0 saturated carbocycles. The minimum Gasteiger partial charge on any atom is -0.119 e. The van der Waals surface area contributed by atoms with Crippen LogP contribution >= 0.6 is 11.6 Å². The molecule has 0 saturated heterocycles. The standard InChI is InChI=1S/C26H53Cl/c1-4-7-10-13-16-19-22-25-26(27,23-20-17-14-11-8-5-2)24-21-18-15-12-9-6-3/h4-25H2,1-3H3. The van der Waals surface area contributed by atoms with Crippen LogP contribution in [0.15, 0.2) is 0 Å². The number of halogens is 1. The average Bonchev–Trinajstić information content (AvgIpc) is 2.67. The van der Waals surface area contributed by atoms with Crippen LogP contribution in [0.4, 0.5) is 0 Å². The molecule has 0 fully saturated rings. The Morgan fingerprint density at radius 2 is 0.593 bits per heavy atom. The van der Waals surface area contributed by atoms with Gasteiger partial charge in [-0.15, -0.1) is 11.6 Å². The quantitative estimate of drug-likeness (QED) is 0.125. The van der Waals surface area contributed by atoms with Gasteiger partial charge in [0.1, 0.15) is 0 Å². The minimum absolute atomic E-state index is 0.110. The van der Waals surface area contributed by atoms with Gasteiger partial charge in [0.25, 0.3) is 0 Å². The summed E-state index contributed by atoms with van der Waals surface area (Å²) in [6.45, 7) is 6.89. The fourth-order valence-electron chi connectivity index (χ4n) is 4.22. The second-order valence-electron chi connectivity index (χ2n) is 9.06. The van der Waals surface area contributed by atoms with Gasteiger partial charge in [0.2, 0.25) is 0 Å². The van der Waals surface area contributed by atoms with Gasteiger partial charge in [0, 0.05) is 4.87 Å². The van der Waals surface area contributed by atoms with Crippen molar-refractivity contribution in [2.45, 2.75) is 167 Å². The van der Waals surface area contributed by atoms with E-state index in [0.717, 1.165) is 0 Å². The number of hydrogen-bond donors (Lipinski definition) is 0. The molecule has 0 rings (SSSR count). The maximum absolute atomic E-state index is 7.18. The zero-order valence-corrected chi connectivity index (χ0v) is 20.2. The van der Waals surface area contributed by atoms with Gasteiger partial charge in [-0.1, -0.05) is 143 Å². The molecule has 0 bridgehead atoms. The number of hydrogen-bond acceptors (Lipinski definition) is 0. The van der Waals surface area contributed by atoms with E-state index in [1.165, 1.54) is 141 Å². The molecule has 0 spiro atoms. The molecule has 0 heterocycles. The van der Waals surface area contributed by atoms with E-state index >= 15 is 0 Å². The summed E-state index contributed by atoms with van der Waals surface area (Å²) in [5, 5.41) is 0. The Balaban J connectivity index is 4.02. The summed E-state index contributed by atoms with van der Waals surface area (Å²) in [7, 11) is 0. The lowest BCUT2D eigenvalue weighted by atomic mass is 9.88. The second-order valence-corrected chi connectivity index (χ2v) is 9.86. The van der Waals surface area contributed by atoms with E-state index in [0.29, 0.717) is 0 Å². The maximum Gasteiger partial charge on any atom is 0.0446 e. The molecule has 0 aromatic heterocycles. The van der Waals surface area contributed by atoms with E-state index in [-0.39, 0.29) is 4.87 Å². The van der Waals surface area contributed by atoms with Crippen molar-refractivity contribution in [2.75, 3.05) is 0 Å². The summed E-state index contributed by atoms with van der Waals surface area (Å²) >= 11 is 7.18. The predicted molar refractivity (Wildman–Crippen MR) is 127 cm³/mol. The fourth-order valence-corrected chi connectivity index (χ4v) is 4.62. The van der Waals surface area contributed by atoms with Crippen LogP contribution in [-0.2, 0) is 0 Å². The Hall–Kier alpha value is 0.290. The first-order valence-electron chi connectivity index (χ1n) is 12.9. The molecule has 0 aromatic carbocycles. The van der Waals surface area contributed by atoms with Crippen molar-refractivity contribution in [3.05, 3.63) is 0 Å². The van der Waals surface area contributed by atoms with Gasteiger partial charge in [-0.3, -0.25) is 0 Å². The molecule has 0 nitrogen and oxygen atoms in total. The van der Waals surface area contributed by atoms with Gasteiger partial charge < -0.3 is 0 Å². The molecule has 0 aromatic rings. The monoisotopic (exact) mass is 400 g/mol. The van der Waals surface area contributed by atoms with Crippen molar-refractivity contribution < 1.29 is 0 Å². The van der Waals surface area contributed by atoms with Gasteiger partial charge in [0.15, 0.2) is 0 Å². The first-order chi connectivity index (χ1) is 13.2. The predicted octanol–water partition coefficient (Wildman–Crippen LogP) is 10.6. The molecule has 0 aliphatic carbocycles. The lowest BCUT2D eigenvalue weighted by molar-refractivity contribution is 0.395. The highest BCUT2D eigenvalue weighted by Crippen LogP contribution is 2.35. The maximum atomic E-state index is 7.18. The lowest BCUT2D eigenvalue weighted by Crippen LogP contribution is -2.21. The van der Waals surface area contributed by atoms with Crippen LogP contribution in [0.25, 0.3) is 0 Å². The van der Waals surface area contributed by atoms with Crippen LogP contribution in [0.3, 0.4) is 0 Å². The molecule has 0 aliphatic rings. The Morgan fingerprint density at radius 3 is 0.852 bits per heavy atom. The highest BCUT2D eigenvalue weighted by atomic mass is 35.5. The third-order valence-electron chi connectivity index (χ3n) is 6.19. The highest BCUT2D eigenvalue weighted by molar-refractivity contribution is 6.23. The van der Waals surface area contributed by atoms with E-state index in [4.69, 9.17) is 11.6 Å². The molecule has 27 heavy (non-hydrogen) atoms. The van der Waals surface area contributed by atoms with Crippen LogP contribution < -0.4 is 0 Å². The van der Waals surface area contributed by atoms with Gasteiger partial charge in [-0.25, -0.2) is 0 Å². The van der Waals surface area contributed by atoms with Crippen LogP contribution in [-0.4, -0.2) is 4.87 Å². The van der Waals surface area contributed by atoms with Gasteiger partial charge in [-0.2, -0.15) is 0 Å². The fraction of sp³-hybridized carbons (Fsp3) is 1.00. The minimum atomic E-state index is 0.110. The topological polar surface area (TPSA) is 0 Å². The van der Waals surface area contributed by atoms with E-state index in [9.17, 15) is 0 Å². The zero-order chi connectivity index (χ0) is 20.1. The summed E-state index contributed by atoms with van der Waals surface area (Å²) in [6.07, 6.45) is 30.2. The number of rotatable bonds is 22. The van der Waals surface area contributed by atoms with Crippen LogP contribution in [0.5, 0.6) is 0 Å². The van der Waals surface area contributed by atoms with Crippen molar-refractivity contribution in [1.29, 1.82) is 0 Å². The summed E-state index contributed by atoms with van der Waals surface area (Å²) in [4.78, 5) is 0.110. The average molecular weight is 401 g/mol. The van der Waals surface area contributed by atoms with Crippen molar-refractivity contribution >= 4 is 11.6 Å². The second kappa shape index (κ2) is 21.0. The Morgan fingerprint density at radius 1 is 0.370 bits per heavy atom. The summed E-state index contributed by atoms with van der Waals surface area (Å²) in [5.74, 6) is 0. The van der Waals surface area contributed by atoms with Gasteiger partial charge >= 0.3 is 0 Å². The van der Waals surface area contributed by atoms with Crippen molar-refractivity contribution in [3.63, 3.8) is 0 Å². The Labute approximate surface area is 178 Å². The van der Waals surface area contributed by atoms with Gasteiger partial charge in [0.05, 0.1) is 0 Å². The third kappa shape index (κ3) is 19.4. The molecule has 1 heteroatoms. The SMILES string of the molecule is CCCCCCCCCC(Cl)(CCCCCCCC)CCCCCCCC. The normalized spacial score (nSPS) is 12.0. The largest absolute Gasteiger partial charge is 0.119 e. The summed E-state index contributed by atoms with van der Waals surface area (Å²) in [6, 6.07) is 0. The lowest BCUT2D eigenvalue weighted by Gasteiger charge is -2.27.